The topological polar surface area (TPSA) is 77.0 Å². The minimum absolute atomic E-state index is 0. The van der Waals surface area contributed by atoms with Crippen LogP contribution in [0.15, 0.2) is 61.1 Å². The molecule has 0 atom stereocenters. The van der Waals surface area contributed by atoms with Gasteiger partial charge in [-0.15, -0.1) is 24.8 Å². The summed E-state index contributed by atoms with van der Waals surface area (Å²) in [5.41, 5.74) is 2.07. The van der Waals surface area contributed by atoms with Gasteiger partial charge in [-0.3, -0.25) is 4.98 Å². The fourth-order valence-electron chi connectivity index (χ4n) is 2.15. The molecule has 0 unspecified atom stereocenters. The maximum absolute atomic E-state index is 11.8. The second kappa shape index (κ2) is 10.3. The van der Waals surface area contributed by atoms with Gasteiger partial charge >= 0.3 is 5.97 Å². The molecule has 1 N–H and O–H groups in total. The SMILES string of the molecule is CCOC(=O)c1cccc(Nc2ccnc(-c3cccnc3)n2)c1.Cl.Cl. The van der Waals surface area contributed by atoms with Crippen LogP contribution in [0.1, 0.15) is 17.3 Å². The van der Waals surface area contributed by atoms with Crippen LogP contribution < -0.4 is 5.32 Å². The summed E-state index contributed by atoms with van der Waals surface area (Å²) in [6, 6.07) is 12.6. The molecule has 8 heteroatoms. The van der Waals surface area contributed by atoms with Crippen molar-refractivity contribution < 1.29 is 9.53 Å². The lowest BCUT2D eigenvalue weighted by atomic mass is 10.2. The van der Waals surface area contributed by atoms with Gasteiger partial charge in [-0.2, -0.15) is 0 Å². The zero-order valence-corrected chi connectivity index (χ0v) is 15.6. The van der Waals surface area contributed by atoms with Crippen LogP contribution in [-0.2, 0) is 4.74 Å². The van der Waals surface area contributed by atoms with Gasteiger partial charge in [0.1, 0.15) is 5.82 Å². The summed E-state index contributed by atoms with van der Waals surface area (Å²) in [6.45, 7) is 2.12. The molecule has 0 radical (unpaired) electrons. The summed E-state index contributed by atoms with van der Waals surface area (Å²) in [7, 11) is 0. The monoisotopic (exact) mass is 392 g/mol. The van der Waals surface area contributed by atoms with Crippen molar-refractivity contribution in [3.8, 4) is 11.4 Å². The average molecular weight is 393 g/mol. The number of carbonyl (C=O) groups excluding carboxylic acids is 1. The summed E-state index contributed by atoms with van der Waals surface area (Å²) >= 11 is 0. The van der Waals surface area contributed by atoms with E-state index in [4.69, 9.17) is 4.74 Å². The molecular weight excluding hydrogens is 375 g/mol. The summed E-state index contributed by atoms with van der Waals surface area (Å²) in [5.74, 6) is 0.861. The number of rotatable bonds is 5. The van der Waals surface area contributed by atoms with Crippen LogP contribution in [-0.4, -0.2) is 27.5 Å². The van der Waals surface area contributed by atoms with Gasteiger partial charge in [0.2, 0.25) is 0 Å². The molecule has 0 saturated heterocycles. The molecule has 0 aliphatic carbocycles. The molecule has 136 valence electrons. The second-order valence-electron chi connectivity index (χ2n) is 4.93. The molecule has 6 nitrogen and oxygen atoms in total. The van der Waals surface area contributed by atoms with E-state index in [0.717, 1.165) is 11.3 Å². The van der Waals surface area contributed by atoms with E-state index in [1.54, 1.807) is 49.8 Å². The number of hydrogen-bond acceptors (Lipinski definition) is 6. The number of pyridine rings is 1. The third-order valence-electron chi connectivity index (χ3n) is 3.22. The highest BCUT2D eigenvalue weighted by molar-refractivity contribution is 5.90. The van der Waals surface area contributed by atoms with Crippen LogP contribution in [0.25, 0.3) is 11.4 Å². The summed E-state index contributed by atoms with van der Waals surface area (Å²) < 4.78 is 5.01. The number of anilines is 2. The minimum atomic E-state index is -0.347. The molecule has 0 spiro atoms. The molecule has 0 aliphatic heterocycles. The molecule has 0 bridgehead atoms. The third kappa shape index (κ3) is 5.40. The predicted molar refractivity (Wildman–Crippen MR) is 105 cm³/mol. The highest BCUT2D eigenvalue weighted by atomic mass is 35.5. The number of halogens is 2. The Morgan fingerprint density at radius 1 is 1.12 bits per heavy atom. The predicted octanol–water partition coefficient (Wildman–Crippen LogP) is 4.30. The Morgan fingerprint density at radius 3 is 2.69 bits per heavy atom. The molecule has 2 heterocycles. The van der Waals surface area contributed by atoms with Gasteiger partial charge in [0.15, 0.2) is 5.82 Å². The van der Waals surface area contributed by atoms with Gasteiger partial charge in [0.05, 0.1) is 12.2 Å². The highest BCUT2D eigenvalue weighted by Gasteiger charge is 2.08. The van der Waals surface area contributed by atoms with Crippen molar-refractivity contribution in [2.75, 3.05) is 11.9 Å². The molecule has 2 aromatic heterocycles. The Hall–Kier alpha value is -2.70. The van der Waals surface area contributed by atoms with Crippen LogP contribution in [0.3, 0.4) is 0 Å². The van der Waals surface area contributed by atoms with E-state index in [9.17, 15) is 4.79 Å². The summed E-state index contributed by atoms with van der Waals surface area (Å²) in [4.78, 5) is 24.6. The molecule has 26 heavy (non-hydrogen) atoms. The van der Waals surface area contributed by atoms with Crippen molar-refractivity contribution in [2.45, 2.75) is 6.92 Å². The maximum Gasteiger partial charge on any atom is 0.338 e. The zero-order chi connectivity index (χ0) is 16.8. The summed E-state index contributed by atoms with van der Waals surface area (Å²) in [5, 5.41) is 3.17. The Balaban J connectivity index is 0.00000169. The number of nitrogens with zero attached hydrogens (tertiary/aromatic N) is 3. The van der Waals surface area contributed by atoms with Gasteiger partial charge in [-0.05, 0) is 43.3 Å². The van der Waals surface area contributed by atoms with E-state index in [0.29, 0.717) is 23.8 Å². The largest absolute Gasteiger partial charge is 0.462 e. The first-order valence-electron chi connectivity index (χ1n) is 7.54. The van der Waals surface area contributed by atoms with Crippen molar-refractivity contribution >= 4 is 42.3 Å². The number of hydrogen-bond donors (Lipinski definition) is 1. The standard InChI is InChI=1S/C18H16N4O2.2ClH/c1-2-24-18(23)13-5-3-7-15(11-13)21-16-8-10-20-17(22-16)14-6-4-9-19-12-14;;/h3-12H,2H2,1H3,(H,20,21,22);2*1H. The molecular formula is C18H18Cl2N4O2. The van der Waals surface area contributed by atoms with Crippen molar-refractivity contribution in [3.63, 3.8) is 0 Å². The lowest BCUT2D eigenvalue weighted by Crippen LogP contribution is -2.05. The van der Waals surface area contributed by atoms with E-state index in [1.165, 1.54) is 0 Å². The molecule has 0 aliphatic rings. The average Bonchev–Trinajstić information content (AvgIpc) is 2.63. The van der Waals surface area contributed by atoms with Crippen molar-refractivity contribution in [1.82, 2.24) is 15.0 Å². The molecule has 1 aromatic carbocycles. The molecule has 0 amide bonds. The first-order valence-corrected chi connectivity index (χ1v) is 7.54. The van der Waals surface area contributed by atoms with Crippen molar-refractivity contribution in [2.24, 2.45) is 0 Å². The van der Waals surface area contributed by atoms with E-state index < -0.39 is 0 Å². The Kier molecular flexibility index (Phi) is 8.48. The van der Waals surface area contributed by atoms with Gasteiger partial charge in [-0.1, -0.05) is 6.07 Å². The fourth-order valence-corrected chi connectivity index (χ4v) is 2.15. The van der Waals surface area contributed by atoms with Gasteiger partial charge < -0.3 is 10.1 Å². The Labute approximate surface area is 163 Å². The zero-order valence-electron chi connectivity index (χ0n) is 14.0. The van der Waals surface area contributed by atoms with Crippen LogP contribution in [0.4, 0.5) is 11.5 Å². The quantitative estimate of drug-likeness (QED) is 0.652. The molecule has 0 fully saturated rings. The van der Waals surface area contributed by atoms with Crippen LogP contribution in [0, 0.1) is 0 Å². The van der Waals surface area contributed by atoms with Crippen LogP contribution in [0.2, 0.25) is 0 Å². The Morgan fingerprint density at radius 2 is 1.96 bits per heavy atom. The fraction of sp³-hybridized carbons (Fsp3) is 0.111. The number of carbonyl (C=O) groups is 1. The lowest BCUT2D eigenvalue weighted by Gasteiger charge is -2.08. The van der Waals surface area contributed by atoms with E-state index in [-0.39, 0.29) is 30.8 Å². The summed E-state index contributed by atoms with van der Waals surface area (Å²) in [6.07, 6.45) is 5.08. The smallest absolute Gasteiger partial charge is 0.338 e. The number of ether oxygens (including phenoxy) is 1. The van der Waals surface area contributed by atoms with E-state index in [2.05, 4.69) is 20.3 Å². The second-order valence-corrected chi connectivity index (χ2v) is 4.93. The van der Waals surface area contributed by atoms with Crippen molar-refractivity contribution in [1.29, 1.82) is 0 Å². The molecule has 3 rings (SSSR count). The number of nitrogens with one attached hydrogen (secondary N) is 1. The molecule has 3 aromatic rings. The first kappa shape index (κ1) is 21.3. The van der Waals surface area contributed by atoms with Gasteiger partial charge in [0, 0.05) is 29.8 Å². The maximum atomic E-state index is 11.8. The minimum Gasteiger partial charge on any atom is -0.462 e. The molecule has 0 saturated carbocycles. The number of esters is 1. The normalized spacial score (nSPS) is 9.42. The number of aromatic nitrogens is 3. The first-order chi connectivity index (χ1) is 11.8. The van der Waals surface area contributed by atoms with Crippen LogP contribution >= 0.6 is 24.8 Å². The highest BCUT2D eigenvalue weighted by Crippen LogP contribution is 2.19. The van der Waals surface area contributed by atoms with Gasteiger partial charge in [-0.25, -0.2) is 14.8 Å². The van der Waals surface area contributed by atoms with Crippen LogP contribution in [0.5, 0.6) is 0 Å². The Bertz CT molecular complexity index is 847. The lowest BCUT2D eigenvalue weighted by molar-refractivity contribution is 0.0526. The van der Waals surface area contributed by atoms with Crippen molar-refractivity contribution in [3.05, 3.63) is 66.6 Å². The number of benzene rings is 1. The third-order valence-corrected chi connectivity index (χ3v) is 3.22. The van der Waals surface area contributed by atoms with Gasteiger partial charge in [0.25, 0.3) is 0 Å². The van der Waals surface area contributed by atoms with E-state index in [1.807, 2.05) is 18.2 Å². The van der Waals surface area contributed by atoms with E-state index >= 15 is 0 Å².